The average molecular weight is 559 g/mol. The first kappa shape index (κ1) is 28.9. The Labute approximate surface area is 233 Å². The molecule has 9 atom stereocenters. The zero-order chi connectivity index (χ0) is 29.4. The van der Waals surface area contributed by atoms with Crippen molar-refractivity contribution in [3.63, 3.8) is 0 Å². The zero-order valence-electron chi connectivity index (χ0n) is 23.7. The van der Waals surface area contributed by atoms with E-state index in [0.29, 0.717) is 11.1 Å². The maximum absolute atomic E-state index is 14.6. The number of esters is 2. The molecule has 1 unspecified atom stereocenters. The Morgan fingerprint density at radius 2 is 1.75 bits per heavy atom. The fourth-order valence-corrected chi connectivity index (χ4v) is 7.85. The quantitative estimate of drug-likeness (QED) is 0.369. The summed E-state index contributed by atoms with van der Waals surface area (Å²) in [4.78, 5) is 40.8. The standard InChI is InChI=1S/C30H38O10/c1-15-18(32)13-30(36)25(39-26(35)17-10-8-7-9-11-17)23-28(5,24(34)22(37-6)21(15)27(30,3)4)19(33)12-20-29(23,14-38-20)40-16(2)31/h7-11,18-20,22-23,25,32-33,36H,12-14H2,1-6H3/t18-,19-,20+,22+,23?,25-,28+,29-,30+/m0/s1. The lowest BCUT2D eigenvalue weighted by atomic mass is 9.44. The molecule has 0 radical (unpaired) electrons. The van der Waals surface area contributed by atoms with Gasteiger partial charge >= 0.3 is 11.9 Å². The van der Waals surface area contributed by atoms with Crippen molar-refractivity contribution >= 4 is 17.7 Å². The van der Waals surface area contributed by atoms with Crippen LogP contribution in [0.15, 0.2) is 41.5 Å². The molecule has 2 bridgehead atoms. The van der Waals surface area contributed by atoms with Gasteiger partial charge in [0.1, 0.15) is 23.9 Å². The van der Waals surface area contributed by atoms with Crippen molar-refractivity contribution in [1.82, 2.24) is 0 Å². The minimum absolute atomic E-state index is 0.0235. The van der Waals surface area contributed by atoms with E-state index in [0.717, 1.165) is 0 Å². The minimum Gasteiger partial charge on any atom is -0.455 e. The van der Waals surface area contributed by atoms with Crippen LogP contribution in [0.3, 0.4) is 0 Å². The van der Waals surface area contributed by atoms with Gasteiger partial charge in [-0.25, -0.2) is 4.79 Å². The van der Waals surface area contributed by atoms with Crippen LogP contribution in [0, 0.1) is 16.7 Å². The molecule has 1 aromatic carbocycles. The summed E-state index contributed by atoms with van der Waals surface area (Å²) in [7, 11) is 1.36. The van der Waals surface area contributed by atoms with Crippen molar-refractivity contribution in [2.45, 2.75) is 89.2 Å². The predicted molar refractivity (Wildman–Crippen MR) is 140 cm³/mol. The molecule has 1 saturated heterocycles. The van der Waals surface area contributed by atoms with E-state index in [2.05, 4.69) is 0 Å². The molecule has 218 valence electrons. The smallest absolute Gasteiger partial charge is 0.338 e. The monoisotopic (exact) mass is 558 g/mol. The molecule has 5 rings (SSSR count). The van der Waals surface area contributed by atoms with Gasteiger partial charge in [0, 0.05) is 32.3 Å². The summed E-state index contributed by atoms with van der Waals surface area (Å²) >= 11 is 0. The molecule has 2 saturated carbocycles. The lowest BCUT2D eigenvalue weighted by Crippen LogP contribution is -2.81. The Morgan fingerprint density at radius 3 is 2.30 bits per heavy atom. The van der Waals surface area contributed by atoms with E-state index in [9.17, 15) is 29.7 Å². The predicted octanol–water partition coefficient (Wildman–Crippen LogP) is 1.74. The third kappa shape index (κ3) is 3.69. The lowest BCUT2D eigenvalue weighted by Gasteiger charge is -2.67. The number of hydrogen-bond acceptors (Lipinski definition) is 10. The minimum atomic E-state index is -1.99. The number of carbonyl (C=O) groups is 3. The van der Waals surface area contributed by atoms with E-state index < -0.39 is 76.2 Å². The number of ketones is 1. The van der Waals surface area contributed by atoms with Crippen molar-refractivity contribution in [2.24, 2.45) is 16.7 Å². The summed E-state index contributed by atoms with van der Waals surface area (Å²) < 4.78 is 23.7. The highest BCUT2D eigenvalue weighted by Gasteiger charge is 2.77. The van der Waals surface area contributed by atoms with E-state index in [4.69, 9.17) is 18.9 Å². The second kappa shape index (κ2) is 9.46. The summed E-state index contributed by atoms with van der Waals surface area (Å²) in [5, 5.41) is 35.6. The zero-order valence-corrected chi connectivity index (χ0v) is 23.7. The SMILES string of the molecule is CO[C@H]1C(=O)[C@@]2(C)C([C@H](OC(=O)c3ccccc3)[C@]3(O)C[C@H](O)C(C)=C1C3(C)C)[C@]1(OC(C)=O)CO[C@@H]1C[C@@H]2O. The Balaban J connectivity index is 1.83. The Hall–Kier alpha value is -2.63. The van der Waals surface area contributed by atoms with Gasteiger partial charge in [0.15, 0.2) is 11.4 Å². The summed E-state index contributed by atoms with van der Waals surface area (Å²) in [6, 6.07) is 8.19. The number of methoxy groups -OCH3 is 1. The largest absolute Gasteiger partial charge is 0.455 e. The van der Waals surface area contributed by atoms with Crippen molar-refractivity contribution in [3.05, 3.63) is 47.0 Å². The first-order chi connectivity index (χ1) is 18.7. The van der Waals surface area contributed by atoms with Crippen molar-refractivity contribution in [3.8, 4) is 0 Å². The van der Waals surface area contributed by atoms with Gasteiger partial charge in [-0.1, -0.05) is 32.0 Å². The van der Waals surface area contributed by atoms with Gasteiger partial charge in [-0.15, -0.1) is 0 Å². The molecular formula is C30H38O10. The highest BCUT2D eigenvalue weighted by molar-refractivity contribution is 5.94. The Morgan fingerprint density at radius 1 is 1.10 bits per heavy atom. The molecule has 1 aliphatic heterocycles. The van der Waals surface area contributed by atoms with Crippen molar-refractivity contribution < 1.29 is 48.7 Å². The van der Waals surface area contributed by atoms with Crippen LogP contribution in [0.25, 0.3) is 0 Å². The van der Waals surface area contributed by atoms with Crippen LogP contribution in [0.2, 0.25) is 0 Å². The number of aliphatic hydroxyl groups excluding tert-OH is 2. The number of carbonyl (C=O) groups excluding carboxylic acids is 3. The second-order valence-corrected chi connectivity index (χ2v) is 12.4. The summed E-state index contributed by atoms with van der Waals surface area (Å²) in [6.45, 7) is 7.76. The average Bonchev–Trinajstić information content (AvgIpc) is 2.89. The number of ether oxygens (including phenoxy) is 4. The fourth-order valence-electron chi connectivity index (χ4n) is 7.85. The van der Waals surface area contributed by atoms with E-state index in [1.165, 1.54) is 14.0 Å². The van der Waals surface area contributed by atoms with Crippen molar-refractivity contribution in [2.75, 3.05) is 13.7 Å². The van der Waals surface area contributed by atoms with Gasteiger partial charge in [-0.3, -0.25) is 9.59 Å². The lowest BCUT2D eigenvalue weighted by molar-refractivity contribution is -0.346. The highest BCUT2D eigenvalue weighted by atomic mass is 16.6. The maximum atomic E-state index is 14.6. The normalized spacial score (nSPS) is 42.0. The number of hydrogen-bond donors (Lipinski definition) is 3. The fraction of sp³-hybridized carbons (Fsp3) is 0.633. The Kier molecular flexibility index (Phi) is 6.83. The van der Waals surface area contributed by atoms with Crippen LogP contribution in [0.5, 0.6) is 0 Å². The molecular weight excluding hydrogens is 520 g/mol. The first-order valence-electron chi connectivity index (χ1n) is 13.6. The maximum Gasteiger partial charge on any atom is 0.338 e. The van der Waals surface area contributed by atoms with E-state index in [-0.39, 0.29) is 25.0 Å². The first-order valence-corrected chi connectivity index (χ1v) is 13.6. The van der Waals surface area contributed by atoms with Gasteiger partial charge in [-0.05, 0) is 37.1 Å². The number of aliphatic hydroxyl groups is 3. The van der Waals surface area contributed by atoms with Crippen LogP contribution in [0.4, 0.5) is 0 Å². The van der Waals surface area contributed by atoms with Gasteiger partial charge in [0.2, 0.25) is 0 Å². The van der Waals surface area contributed by atoms with Crippen LogP contribution >= 0.6 is 0 Å². The third-order valence-electron chi connectivity index (χ3n) is 10.2. The van der Waals surface area contributed by atoms with E-state index in [1.54, 1.807) is 58.0 Å². The molecule has 0 aromatic heterocycles. The summed E-state index contributed by atoms with van der Waals surface area (Å²) in [5.41, 5.74) is -5.43. The number of fused-ring (bicyclic) bond motifs is 5. The van der Waals surface area contributed by atoms with Gasteiger partial charge in [0.05, 0.1) is 35.7 Å². The van der Waals surface area contributed by atoms with Crippen molar-refractivity contribution in [1.29, 1.82) is 0 Å². The molecule has 1 aromatic rings. The molecule has 3 N–H and O–H groups in total. The Bertz CT molecular complexity index is 1260. The number of Topliss-reactive ketones (excluding diaryl/α,β-unsaturated/α-hetero) is 1. The van der Waals surface area contributed by atoms with Gasteiger partial charge < -0.3 is 34.3 Å². The number of benzene rings is 1. The molecule has 1 heterocycles. The molecule has 0 spiro atoms. The second-order valence-electron chi connectivity index (χ2n) is 12.4. The topological polar surface area (TPSA) is 149 Å². The molecule has 3 aliphatic carbocycles. The third-order valence-corrected chi connectivity index (χ3v) is 10.2. The molecule has 40 heavy (non-hydrogen) atoms. The molecule has 0 amide bonds. The van der Waals surface area contributed by atoms with Gasteiger partial charge in [0.25, 0.3) is 0 Å². The van der Waals surface area contributed by atoms with E-state index in [1.807, 2.05) is 0 Å². The molecule has 10 nitrogen and oxygen atoms in total. The van der Waals surface area contributed by atoms with Crippen LogP contribution in [-0.4, -0.2) is 88.5 Å². The summed E-state index contributed by atoms with van der Waals surface area (Å²) in [5.74, 6) is -3.20. The number of rotatable bonds is 4. The summed E-state index contributed by atoms with van der Waals surface area (Å²) in [6.07, 6.45) is -6.33. The molecule has 3 fully saturated rings. The molecule has 4 aliphatic rings. The van der Waals surface area contributed by atoms with E-state index >= 15 is 0 Å². The van der Waals surface area contributed by atoms with Gasteiger partial charge in [-0.2, -0.15) is 0 Å². The highest BCUT2D eigenvalue weighted by Crippen LogP contribution is 2.64. The van der Waals surface area contributed by atoms with Crippen LogP contribution < -0.4 is 0 Å². The van der Waals surface area contributed by atoms with Crippen LogP contribution in [-0.2, 0) is 28.5 Å². The van der Waals surface area contributed by atoms with Crippen LogP contribution in [0.1, 0.15) is 57.8 Å². The molecule has 10 heteroatoms.